The summed E-state index contributed by atoms with van der Waals surface area (Å²) in [7, 11) is 0. The fraction of sp³-hybridized carbons (Fsp3) is 0.250. The number of nitrogens with zero attached hydrogens (tertiary/aromatic N) is 2. The van der Waals surface area contributed by atoms with Gasteiger partial charge < -0.3 is 14.3 Å². The molecule has 2 aromatic heterocycles. The van der Waals surface area contributed by atoms with Gasteiger partial charge in [0, 0.05) is 25.0 Å². The molecule has 0 saturated heterocycles. The lowest BCUT2D eigenvalue weighted by molar-refractivity contribution is -0.123. The van der Waals surface area contributed by atoms with Gasteiger partial charge in [-0.25, -0.2) is 0 Å². The Bertz CT molecular complexity index is 824. The monoisotopic (exact) mass is 335 g/mol. The fourth-order valence-electron chi connectivity index (χ4n) is 3.46. The summed E-state index contributed by atoms with van der Waals surface area (Å²) < 4.78 is 7.54. The molecule has 4 rings (SSSR count). The lowest BCUT2D eigenvalue weighted by Crippen LogP contribution is -2.44. The molecule has 0 saturated carbocycles. The molecule has 3 aromatic rings. The maximum atomic E-state index is 12.4. The first-order valence-electron chi connectivity index (χ1n) is 8.54. The summed E-state index contributed by atoms with van der Waals surface area (Å²) in [5, 5.41) is 2.94. The molecule has 5 heteroatoms. The SMILES string of the molecule is O=C(CN1CCn2cccc2[C@@H]1c1ccccc1)NCc1ccco1. The van der Waals surface area contributed by atoms with Crippen LogP contribution in [0.1, 0.15) is 23.1 Å². The van der Waals surface area contributed by atoms with E-state index in [-0.39, 0.29) is 11.9 Å². The molecular formula is C20H21N3O2. The van der Waals surface area contributed by atoms with Crippen molar-refractivity contribution in [2.24, 2.45) is 0 Å². The van der Waals surface area contributed by atoms with Gasteiger partial charge >= 0.3 is 0 Å². The van der Waals surface area contributed by atoms with Crippen molar-refractivity contribution in [1.82, 2.24) is 14.8 Å². The van der Waals surface area contributed by atoms with Gasteiger partial charge in [0.15, 0.2) is 0 Å². The molecule has 0 unspecified atom stereocenters. The van der Waals surface area contributed by atoms with E-state index in [2.05, 4.69) is 45.2 Å². The minimum atomic E-state index is 0.0114. The van der Waals surface area contributed by atoms with Crippen LogP contribution in [0.3, 0.4) is 0 Å². The molecule has 0 bridgehead atoms. The Hall–Kier alpha value is -2.79. The highest BCUT2D eigenvalue weighted by Crippen LogP contribution is 2.31. The van der Waals surface area contributed by atoms with Crippen molar-refractivity contribution >= 4 is 5.91 Å². The average Bonchev–Trinajstić information content (AvgIpc) is 3.32. The standard InChI is InChI=1S/C20H21N3O2/c24-19(21-14-17-8-5-13-25-17)15-23-12-11-22-10-4-9-18(22)20(23)16-6-2-1-3-7-16/h1-10,13,20H,11-12,14-15H2,(H,21,24)/t20-/m0/s1. The van der Waals surface area contributed by atoms with E-state index < -0.39 is 0 Å². The summed E-state index contributed by atoms with van der Waals surface area (Å²) in [6.45, 7) is 2.53. The van der Waals surface area contributed by atoms with Crippen molar-refractivity contribution in [1.29, 1.82) is 0 Å². The number of carbonyl (C=O) groups is 1. The molecule has 0 aliphatic carbocycles. The van der Waals surface area contributed by atoms with Crippen LogP contribution in [0.4, 0.5) is 0 Å². The molecule has 25 heavy (non-hydrogen) atoms. The third kappa shape index (κ3) is 3.37. The average molecular weight is 335 g/mol. The van der Waals surface area contributed by atoms with E-state index in [0.717, 1.165) is 18.8 Å². The third-order valence-electron chi connectivity index (χ3n) is 4.64. The Morgan fingerprint density at radius 3 is 2.76 bits per heavy atom. The molecule has 1 amide bonds. The van der Waals surface area contributed by atoms with E-state index in [1.807, 2.05) is 30.3 Å². The second-order valence-electron chi connectivity index (χ2n) is 6.27. The molecule has 0 spiro atoms. The fourth-order valence-corrected chi connectivity index (χ4v) is 3.46. The third-order valence-corrected chi connectivity index (χ3v) is 4.64. The topological polar surface area (TPSA) is 50.4 Å². The summed E-state index contributed by atoms with van der Waals surface area (Å²) in [6, 6.07) is 18.4. The lowest BCUT2D eigenvalue weighted by Gasteiger charge is -2.36. The Labute approximate surface area is 146 Å². The smallest absolute Gasteiger partial charge is 0.234 e. The summed E-state index contributed by atoms with van der Waals surface area (Å²) in [5.74, 6) is 0.776. The van der Waals surface area contributed by atoms with Gasteiger partial charge in [0.1, 0.15) is 5.76 Å². The van der Waals surface area contributed by atoms with E-state index in [9.17, 15) is 4.79 Å². The van der Waals surface area contributed by atoms with Crippen LogP contribution in [-0.4, -0.2) is 28.5 Å². The first-order valence-corrected chi connectivity index (χ1v) is 8.54. The van der Waals surface area contributed by atoms with E-state index in [4.69, 9.17) is 4.42 Å². The van der Waals surface area contributed by atoms with Gasteiger partial charge in [0.25, 0.3) is 0 Å². The van der Waals surface area contributed by atoms with Crippen molar-refractivity contribution in [3.63, 3.8) is 0 Å². The molecule has 128 valence electrons. The van der Waals surface area contributed by atoms with Crippen LogP contribution in [-0.2, 0) is 17.9 Å². The van der Waals surface area contributed by atoms with Gasteiger partial charge in [-0.2, -0.15) is 0 Å². The number of carbonyl (C=O) groups excluding carboxylic acids is 1. The van der Waals surface area contributed by atoms with Crippen LogP contribution in [0.25, 0.3) is 0 Å². The maximum absolute atomic E-state index is 12.4. The number of amides is 1. The molecule has 1 atom stereocenters. The molecule has 5 nitrogen and oxygen atoms in total. The second kappa shape index (κ2) is 6.99. The summed E-state index contributed by atoms with van der Waals surface area (Å²) in [4.78, 5) is 14.7. The zero-order chi connectivity index (χ0) is 17.1. The zero-order valence-corrected chi connectivity index (χ0v) is 14.0. The maximum Gasteiger partial charge on any atom is 0.234 e. The minimum Gasteiger partial charge on any atom is -0.467 e. The van der Waals surface area contributed by atoms with Gasteiger partial charge in [-0.15, -0.1) is 0 Å². The Kier molecular flexibility index (Phi) is 4.39. The highest BCUT2D eigenvalue weighted by molar-refractivity contribution is 5.78. The first-order chi connectivity index (χ1) is 12.3. The van der Waals surface area contributed by atoms with Gasteiger partial charge in [-0.05, 0) is 29.8 Å². The molecule has 1 aliphatic rings. The van der Waals surface area contributed by atoms with Crippen LogP contribution in [0.5, 0.6) is 0 Å². The second-order valence-corrected chi connectivity index (χ2v) is 6.27. The number of nitrogens with one attached hydrogen (secondary N) is 1. The van der Waals surface area contributed by atoms with Crippen LogP contribution < -0.4 is 5.32 Å². The quantitative estimate of drug-likeness (QED) is 0.780. The van der Waals surface area contributed by atoms with E-state index >= 15 is 0 Å². The number of furan rings is 1. The minimum absolute atomic E-state index is 0.0114. The molecule has 3 heterocycles. The number of aromatic nitrogens is 1. The lowest BCUT2D eigenvalue weighted by atomic mass is 10.00. The number of fused-ring (bicyclic) bond motifs is 1. The van der Waals surface area contributed by atoms with Crippen molar-refractivity contribution in [2.45, 2.75) is 19.1 Å². The van der Waals surface area contributed by atoms with E-state index in [1.165, 1.54) is 11.3 Å². The Morgan fingerprint density at radius 1 is 1.08 bits per heavy atom. The van der Waals surface area contributed by atoms with Crippen molar-refractivity contribution in [3.05, 3.63) is 84.1 Å². The molecular weight excluding hydrogens is 314 g/mol. The predicted octanol–water partition coefficient (Wildman–Crippen LogP) is 2.80. The Balaban J connectivity index is 1.50. The van der Waals surface area contributed by atoms with Crippen LogP contribution >= 0.6 is 0 Å². The van der Waals surface area contributed by atoms with Crippen molar-refractivity contribution in [2.75, 3.05) is 13.1 Å². The highest BCUT2D eigenvalue weighted by Gasteiger charge is 2.29. The number of hydrogen-bond acceptors (Lipinski definition) is 3. The highest BCUT2D eigenvalue weighted by atomic mass is 16.3. The number of rotatable bonds is 5. The number of hydrogen-bond donors (Lipinski definition) is 1. The molecule has 0 fully saturated rings. The van der Waals surface area contributed by atoms with Gasteiger partial charge in [-0.1, -0.05) is 30.3 Å². The molecule has 1 aliphatic heterocycles. The summed E-state index contributed by atoms with van der Waals surface area (Å²) >= 11 is 0. The Morgan fingerprint density at radius 2 is 1.96 bits per heavy atom. The normalized spacial score (nSPS) is 17.2. The molecule has 0 radical (unpaired) electrons. The van der Waals surface area contributed by atoms with Crippen molar-refractivity contribution < 1.29 is 9.21 Å². The van der Waals surface area contributed by atoms with Crippen LogP contribution in [0, 0.1) is 0 Å². The van der Waals surface area contributed by atoms with Crippen LogP contribution in [0.2, 0.25) is 0 Å². The van der Waals surface area contributed by atoms with E-state index in [0.29, 0.717) is 13.1 Å². The van der Waals surface area contributed by atoms with Gasteiger partial charge in [0.2, 0.25) is 5.91 Å². The summed E-state index contributed by atoms with van der Waals surface area (Å²) in [5.41, 5.74) is 2.44. The molecule has 1 aromatic carbocycles. The first kappa shape index (κ1) is 15.7. The zero-order valence-electron chi connectivity index (χ0n) is 14.0. The van der Waals surface area contributed by atoms with Crippen molar-refractivity contribution in [3.8, 4) is 0 Å². The largest absolute Gasteiger partial charge is 0.467 e. The number of benzene rings is 1. The van der Waals surface area contributed by atoms with Gasteiger partial charge in [-0.3, -0.25) is 9.69 Å². The predicted molar refractivity (Wildman–Crippen MR) is 94.8 cm³/mol. The van der Waals surface area contributed by atoms with Crippen LogP contribution in [0.15, 0.2) is 71.5 Å². The van der Waals surface area contributed by atoms with Gasteiger partial charge in [0.05, 0.1) is 25.4 Å². The van der Waals surface area contributed by atoms with E-state index in [1.54, 1.807) is 6.26 Å². The molecule has 1 N–H and O–H groups in total. The summed E-state index contributed by atoms with van der Waals surface area (Å²) in [6.07, 6.45) is 3.73.